The summed E-state index contributed by atoms with van der Waals surface area (Å²) in [4.78, 5) is 0. The Bertz CT molecular complexity index is 363. The fraction of sp³-hybridized carbons (Fsp3) is 0.100. The average Bonchev–Trinajstić information content (AvgIpc) is 2.16. The predicted octanol–water partition coefficient (Wildman–Crippen LogP) is 1.33. The lowest BCUT2D eigenvalue weighted by atomic mass is 10.0. The lowest BCUT2D eigenvalue weighted by molar-refractivity contribution is 0.918. The Balaban J connectivity index is 3.13. The van der Waals surface area contributed by atoms with E-state index >= 15 is 0 Å². The van der Waals surface area contributed by atoms with Gasteiger partial charge in [-0.15, -0.1) is 6.58 Å². The van der Waals surface area contributed by atoms with Crippen LogP contribution in [0, 0.1) is 11.3 Å². The predicted molar refractivity (Wildman–Crippen MR) is 52.7 cm³/mol. The molecule has 0 heterocycles. The lowest BCUT2D eigenvalue weighted by Gasteiger charge is -2.09. The fourth-order valence-electron chi connectivity index (χ4n) is 1.07. The van der Waals surface area contributed by atoms with Gasteiger partial charge in [-0.1, -0.05) is 12.1 Å². The summed E-state index contributed by atoms with van der Waals surface area (Å²) in [6.45, 7) is 3.58. The van der Waals surface area contributed by atoms with E-state index in [1.165, 1.54) is 0 Å². The molecule has 1 rings (SSSR count). The van der Waals surface area contributed by atoms with Crippen LogP contribution in [0.1, 0.15) is 17.2 Å². The monoisotopic (exact) mass is 173 g/mol. The number of anilines is 1. The van der Waals surface area contributed by atoms with Crippen molar-refractivity contribution in [2.75, 3.05) is 5.73 Å². The first-order valence-electron chi connectivity index (χ1n) is 3.86. The van der Waals surface area contributed by atoms with Gasteiger partial charge in [-0.2, -0.15) is 5.26 Å². The molecule has 0 radical (unpaired) electrons. The number of rotatable bonds is 2. The molecule has 0 aromatic heterocycles. The van der Waals surface area contributed by atoms with Crippen molar-refractivity contribution in [3.63, 3.8) is 0 Å². The van der Waals surface area contributed by atoms with E-state index in [1.807, 2.05) is 6.07 Å². The Morgan fingerprint density at radius 1 is 1.54 bits per heavy atom. The minimum atomic E-state index is -0.271. The largest absolute Gasteiger partial charge is 0.398 e. The summed E-state index contributed by atoms with van der Waals surface area (Å²) in [5, 5.41) is 8.59. The van der Waals surface area contributed by atoms with E-state index in [1.54, 1.807) is 24.3 Å². The van der Waals surface area contributed by atoms with Crippen LogP contribution in [0.2, 0.25) is 0 Å². The molecule has 1 aromatic carbocycles. The van der Waals surface area contributed by atoms with Crippen LogP contribution < -0.4 is 11.5 Å². The first-order valence-corrected chi connectivity index (χ1v) is 3.86. The highest BCUT2D eigenvalue weighted by molar-refractivity contribution is 5.54. The van der Waals surface area contributed by atoms with Crippen molar-refractivity contribution in [2.24, 2.45) is 5.73 Å². The number of hydrogen-bond acceptors (Lipinski definition) is 3. The van der Waals surface area contributed by atoms with Crippen LogP contribution in [0.5, 0.6) is 0 Å². The second-order valence-corrected chi connectivity index (χ2v) is 2.72. The lowest BCUT2D eigenvalue weighted by Crippen LogP contribution is -2.09. The fourth-order valence-corrected chi connectivity index (χ4v) is 1.07. The number of nitrogen functional groups attached to an aromatic ring is 1. The summed E-state index contributed by atoms with van der Waals surface area (Å²) in [5.74, 6) is 0. The molecular formula is C10H11N3. The Morgan fingerprint density at radius 2 is 2.23 bits per heavy atom. The first kappa shape index (κ1) is 9.30. The zero-order valence-corrected chi connectivity index (χ0v) is 7.20. The third-order valence-electron chi connectivity index (χ3n) is 1.83. The highest BCUT2D eigenvalue weighted by Crippen LogP contribution is 2.20. The average molecular weight is 173 g/mol. The molecular weight excluding hydrogens is 162 g/mol. The van der Waals surface area contributed by atoms with Gasteiger partial charge in [0.2, 0.25) is 0 Å². The first-order chi connectivity index (χ1) is 6.19. The summed E-state index contributed by atoms with van der Waals surface area (Å²) in [5.41, 5.74) is 13.3. The molecule has 0 fully saturated rings. The van der Waals surface area contributed by atoms with Crippen molar-refractivity contribution in [3.8, 4) is 6.07 Å². The topological polar surface area (TPSA) is 75.8 Å². The number of nitrogens with two attached hydrogens (primary N) is 2. The van der Waals surface area contributed by atoms with Crippen LogP contribution in [0.25, 0.3) is 0 Å². The minimum absolute atomic E-state index is 0.271. The van der Waals surface area contributed by atoms with Gasteiger partial charge in [-0.25, -0.2) is 0 Å². The Morgan fingerprint density at radius 3 is 2.69 bits per heavy atom. The molecule has 0 aliphatic carbocycles. The molecule has 0 saturated heterocycles. The number of nitriles is 1. The summed E-state index contributed by atoms with van der Waals surface area (Å²) < 4.78 is 0. The molecule has 0 aliphatic rings. The molecule has 0 bridgehead atoms. The van der Waals surface area contributed by atoms with Gasteiger partial charge in [-0.05, 0) is 17.7 Å². The SMILES string of the molecule is C=C[C@H](N)c1ccc(C#N)cc1N. The molecule has 4 N–H and O–H groups in total. The molecule has 0 spiro atoms. The van der Waals surface area contributed by atoms with Gasteiger partial charge in [-0.3, -0.25) is 0 Å². The summed E-state index contributed by atoms with van der Waals surface area (Å²) in [7, 11) is 0. The molecule has 3 heteroatoms. The van der Waals surface area contributed by atoms with Gasteiger partial charge in [0.1, 0.15) is 0 Å². The molecule has 0 saturated carbocycles. The highest BCUT2D eigenvalue weighted by Gasteiger charge is 2.05. The standard InChI is InChI=1S/C10H11N3/c1-2-9(12)8-4-3-7(6-11)5-10(8)13/h2-5,9H,1,12-13H2/t9-/m0/s1. The van der Waals surface area contributed by atoms with Crippen molar-refractivity contribution in [1.29, 1.82) is 5.26 Å². The maximum atomic E-state index is 8.59. The molecule has 0 unspecified atom stereocenters. The normalized spacial score (nSPS) is 11.7. The van der Waals surface area contributed by atoms with E-state index in [0.717, 1.165) is 5.56 Å². The molecule has 1 atom stereocenters. The molecule has 1 aromatic rings. The zero-order chi connectivity index (χ0) is 9.84. The Hall–Kier alpha value is -1.79. The highest BCUT2D eigenvalue weighted by atomic mass is 14.7. The van der Waals surface area contributed by atoms with Crippen molar-refractivity contribution in [2.45, 2.75) is 6.04 Å². The van der Waals surface area contributed by atoms with E-state index in [-0.39, 0.29) is 6.04 Å². The minimum Gasteiger partial charge on any atom is -0.398 e. The second-order valence-electron chi connectivity index (χ2n) is 2.72. The number of benzene rings is 1. The van der Waals surface area contributed by atoms with Crippen LogP contribution in [0.4, 0.5) is 5.69 Å². The zero-order valence-electron chi connectivity index (χ0n) is 7.20. The number of nitrogens with zero attached hydrogens (tertiary/aromatic N) is 1. The molecule has 0 amide bonds. The van der Waals surface area contributed by atoms with Gasteiger partial charge >= 0.3 is 0 Å². The van der Waals surface area contributed by atoms with Gasteiger partial charge in [0.05, 0.1) is 11.6 Å². The van der Waals surface area contributed by atoms with Crippen molar-refractivity contribution >= 4 is 5.69 Å². The van der Waals surface area contributed by atoms with E-state index < -0.39 is 0 Å². The molecule has 3 nitrogen and oxygen atoms in total. The van der Waals surface area contributed by atoms with Gasteiger partial charge < -0.3 is 11.5 Å². The van der Waals surface area contributed by atoms with E-state index in [2.05, 4.69) is 6.58 Å². The third kappa shape index (κ3) is 1.86. The summed E-state index contributed by atoms with van der Waals surface area (Å²) in [6, 6.07) is 6.78. The molecule has 0 aliphatic heterocycles. The summed E-state index contributed by atoms with van der Waals surface area (Å²) >= 11 is 0. The number of hydrogen-bond donors (Lipinski definition) is 2. The maximum Gasteiger partial charge on any atom is 0.0992 e. The summed E-state index contributed by atoms with van der Waals surface area (Å²) in [6.07, 6.45) is 1.61. The van der Waals surface area contributed by atoms with E-state index in [9.17, 15) is 0 Å². The quantitative estimate of drug-likeness (QED) is 0.523. The van der Waals surface area contributed by atoms with Crippen LogP contribution in [0.3, 0.4) is 0 Å². The Kier molecular flexibility index (Phi) is 2.68. The van der Waals surface area contributed by atoms with Crippen LogP contribution in [-0.4, -0.2) is 0 Å². The molecule has 66 valence electrons. The van der Waals surface area contributed by atoms with Gasteiger partial charge in [0.15, 0.2) is 0 Å². The van der Waals surface area contributed by atoms with Gasteiger partial charge in [0, 0.05) is 11.7 Å². The van der Waals surface area contributed by atoms with Crippen molar-refractivity contribution in [3.05, 3.63) is 42.0 Å². The second kappa shape index (κ2) is 3.74. The smallest absolute Gasteiger partial charge is 0.0992 e. The van der Waals surface area contributed by atoms with Crippen molar-refractivity contribution < 1.29 is 0 Å². The van der Waals surface area contributed by atoms with E-state index in [0.29, 0.717) is 11.3 Å². The van der Waals surface area contributed by atoms with E-state index in [4.69, 9.17) is 16.7 Å². The van der Waals surface area contributed by atoms with Crippen molar-refractivity contribution in [1.82, 2.24) is 0 Å². The third-order valence-corrected chi connectivity index (χ3v) is 1.83. The van der Waals surface area contributed by atoms with Crippen LogP contribution in [0.15, 0.2) is 30.9 Å². The molecule has 13 heavy (non-hydrogen) atoms. The maximum absolute atomic E-state index is 8.59. The van der Waals surface area contributed by atoms with Crippen LogP contribution in [-0.2, 0) is 0 Å². The van der Waals surface area contributed by atoms with Crippen LogP contribution >= 0.6 is 0 Å². The Labute approximate surface area is 77.3 Å². The van der Waals surface area contributed by atoms with Gasteiger partial charge in [0.25, 0.3) is 0 Å².